The Morgan fingerprint density at radius 3 is 2.00 bits per heavy atom. The fraction of sp³-hybridized carbons (Fsp3) is 0.182. The molecule has 3 N–H and O–H groups in total. The van der Waals surface area contributed by atoms with Crippen molar-refractivity contribution in [1.82, 2.24) is 10.2 Å². The van der Waals surface area contributed by atoms with E-state index in [0.717, 1.165) is 4.90 Å². The number of nitrogens with one attached hydrogen (secondary N) is 1. The van der Waals surface area contributed by atoms with Crippen LogP contribution in [0.25, 0.3) is 0 Å². The highest BCUT2D eigenvalue weighted by molar-refractivity contribution is 6.22. The van der Waals surface area contributed by atoms with Crippen LogP contribution in [0.1, 0.15) is 20.7 Å². The highest BCUT2D eigenvalue weighted by Crippen LogP contribution is 2.26. The maximum absolute atomic E-state index is 12.0. The Kier molecular flexibility index (Phi) is 1.84. The number of hydrogen-bond acceptors (Lipinski definition) is 4. The zero-order chi connectivity index (χ0) is 12.2. The molecule has 0 bridgehead atoms. The van der Waals surface area contributed by atoms with Crippen LogP contribution in [0.5, 0.6) is 0 Å². The highest BCUT2D eigenvalue weighted by Gasteiger charge is 2.49. The number of carbonyl (C=O) groups is 3. The molecule has 1 fully saturated rings. The molecule has 2 aliphatic heterocycles. The summed E-state index contributed by atoms with van der Waals surface area (Å²) in [5.41, 5.74) is 6.25. The monoisotopic (exact) mass is 231 g/mol. The van der Waals surface area contributed by atoms with Crippen LogP contribution in [0.2, 0.25) is 0 Å². The van der Waals surface area contributed by atoms with Crippen LogP contribution < -0.4 is 11.1 Å². The van der Waals surface area contributed by atoms with Gasteiger partial charge in [0.15, 0.2) is 0 Å². The Bertz CT molecular complexity index is 520. The molecule has 0 aromatic heterocycles. The van der Waals surface area contributed by atoms with Crippen LogP contribution in [0.3, 0.4) is 0 Å². The predicted molar refractivity (Wildman–Crippen MR) is 56.8 cm³/mol. The summed E-state index contributed by atoms with van der Waals surface area (Å²) < 4.78 is 0. The molecule has 0 radical (unpaired) electrons. The van der Waals surface area contributed by atoms with Crippen molar-refractivity contribution in [3.63, 3.8) is 0 Å². The van der Waals surface area contributed by atoms with Crippen LogP contribution >= 0.6 is 0 Å². The van der Waals surface area contributed by atoms with E-state index >= 15 is 0 Å². The van der Waals surface area contributed by atoms with Crippen molar-refractivity contribution in [3.05, 3.63) is 35.4 Å². The van der Waals surface area contributed by atoms with Gasteiger partial charge in [-0.1, -0.05) is 12.1 Å². The minimum atomic E-state index is -0.836. The molecule has 0 unspecified atom stereocenters. The number of benzene rings is 1. The Balaban J connectivity index is 1.99. The first kappa shape index (κ1) is 9.98. The molecule has 2 heterocycles. The van der Waals surface area contributed by atoms with Gasteiger partial charge in [0.2, 0.25) is 5.91 Å². The number of rotatable bonds is 1. The Labute approximate surface area is 96.4 Å². The second-order valence-electron chi connectivity index (χ2n) is 4.01. The molecule has 17 heavy (non-hydrogen) atoms. The molecule has 0 aliphatic carbocycles. The van der Waals surface area contributed by atoms with Gasteiger partial charge in [-0.15, -0.1) is 0 Å². The van der Waals surface area contributed by atoms with Gasteiger partial charge in [0.25, 0.3) is 11.8 Å². The molecule has 3 amide bonds. The summed E-state index contributed by atoms with van der Waals surface area (Å²) in [7, 11) is 0. The maximum Gasteiger partial charge on any atom is 0.263 e. The third-order valence-electron chi connectivity index (χ3n) is 3.04. The van der Waals surface area contributed by atoms with Crippen molar-refractivity contribution in [2.24, 2.45) is 5.73 Å². The topological polar surface area (TPSA) is 92.5 Å². The average Bonchev–Trinajstić information content (AvgIpc) is 2.60. The summed E-state index contributed by atoms with van der Waals surface area (Å²) in [6.45, 7) is 0. The first-order valence-corrected chi connectivity index (χ1v) is 5.14. The zero-order valence-corrected chi connectivity index (χ0v) is 8.71. The maximum atomic E-state index is 12.0. The molecule has 2 atom stereocenters. The standard InChI is InChI=1S/C11H9N3O3/c12-7-8(13-9(7)15)14-10(16)5-3-1-2-4-6(5)11(14)17/h1-4,7-8H,12H2,(H,13,15)/t7-,8+/m0/s1. The first-order chi connectivity index (χ1) is 8.11. The molecule has 0 saturated carbocycles. The van der Waals surface area contributed by atoms with E-state index in [2.05, 4.69) is 5.32 Å². The van der Waals surface area contributed by atoms with E-state index in [1.807, 2.05) is 0 Å². The zero-order valence-electron chi connectivity index (χ0n) is 8.71. The van der Waals surface area contributed by atoms with Crippen LogP contribution in [0.15, 0.2) is 24.3 Å². The van der Waals surface area contributed by atoms with Gasteiger partial charge in [-0.05, 0) is 12.1 Å². The Morgan fingerprint density at radius 2 is 1.59 bits per heavy atom. The summed E-state index contributed by atoms with van der Waals surface area (Å²) in [4.78, 5) is 36.0. The van der Waals surface area contributed by atoms with Crippen molar-refractivity contribution in [2.75, 3.05) is 0 Å². The van der Waals surface area contributed by atoms with Gasteiger partial charge in [0.05, 0.1) is 11.1 Å². The van der Waals surface area contributed by atoms with Crippen molar-refractivity contribution < 1.29 is 14.4 Å². The molecule has 0 spiro atoms. The van der Waals surface area contributed by atoms with Gasteiger partial charge >= 0.3 is 0 Å². The van der Waals surface area contributed by atoms with E-state index in [-0.39, 0.29) is 5.91 Å². The lowest BCUT2D eigenvalue weighted by Crippen LogP contribution is -2.73. The SMILES string of the molecule is N[C@@H]1C(=O)N[C@@H]1N1C(=O)c2ccccc2C1=O. The summed E-state index contributed by atoms with van der Waals surface area (Å²) in [5, 5.41) is 2.45. The van der Waals surface area contributed by atoms with E-state index in [9.17, 15) is 14.4 Å². The fourth-order valence-electron chi connectivity index (χ4n) is 2.06. The predicted octanol–water partition coefficient (Wildman–Crippen LogP) is -0.934. The van der Waals surface area contributed by atoms with Gasteiger partial charge < -0.3 is 11.1 Å². The lowest BCUT2D eigenvalue weighted by Gasteiger charge is -2.38. The smallest absolute Gasteiger partial charge is 0.263 e. The van der Waals surface area contributed by atoms with Crippen LogP contribution in [-0.4, -0.2) is 34.8 Å². The van der Waals surface area contributed by atoms with Crippen molar-refractivity contribution in [1.29, 1.82) is 0 Å². The molecule has 86 valence electrons. The molecule has 6 heteroatoms. The lowest BCUT2D eigenvalue weighted by molar-refractivity contribution is -0.133. The minimum absolute atomic E-state index is 0.353. The summed E-state index contributed by atoms with van der Waals surface area (Å²) in [5.74, 6) is -1.18. The highest BCUT2D eigenvalue weighted by atomic mass is 16.2. The van der Waals surface area contributed by atoms with Gasteiger partial charge in [-0.2, -0.15) is 0 Å². The van der Waals surface area contributed by atoms with Crippen LogP contribution in [0.4, 0.5) is 0 Å². The number of hydrogen-bond donors (Lipinski definition) is 2. The lowest BCUT2D eigenvalue weighted by atomic mass is 10.1. The minimum Gasteiger partial charge on any atom is -0.332 e. The quantitative estimate of drug-likeness (QED) is 0.482. The first-order valence-electron chi connectivity index (χ1n) is 5.14. The van der Waals surface area contributed by atoms with Crippen molar-refractivity contribution >= 4 is 17.7 Å². The van der Waals surface area contributed by atoms with Gasteiger partial charge in [-0.3, -0.25) is 19.3 Å². The summed E-state index contributed by atoms with van der Waals surface area (Å²) in [6.07, 6.45) is -0.727. The molecule has 1 aromatic rings. The van der Waals surface area contributed by atoms with E-state index in [1.54, 1.807) is 24.3 Å². The third-order valence-corrected chi connectivity index (χ3v) is 3.04. The molecule has 1 aromatic carbocycles. The summed E-state index contributed by atoms with van der Waals surface area (Å²) >= 11 is 0. The number of fused-ring (bicyclic) bond motifs is 1. The average molecular weight is 231 g/mol. The van der Waals surface area contributed by atoms with E-state index < -0.39 is 24.0 Å². The summed E-state index contributed by atoms with van der Waals surface area (Å²) in [6, 6.07) is 5.71. The number of carbonyl (C=O) groups excluding carboxylic acids is 3. The van der Waals surface area contributed by atoms with Crippen molar-refractivity contribution in [2.45, 2.75) is 12.2 Å². The molecular weight excluding hydrogens is 222 g/mol. The van der Waals surface area contributed by atoms with Gasteiger partial charge in [0.1, 0.15) is 12.2 Å². The number of β-lactam (4-membered cyclic amide) rings is 1. The molecule has 2 aliphatic rings. The number of amides is 3. The Morgan fingerprint density at radius 1 is 1.06 bits per heavy atom. The molecule has 6 nitrogen and oxygen atoms in total. The van der Waals surface area contributed by atoms with Gasteiger partial charge in [0, 0.05) is 0 Å². The largest absolute Gasteiger partial charge is 0.332 e. The second kappa shape index (κ2) is 3.14. The van der Waals surface area contributed by atoms with Crippen molar-refractivity contribution in [3.8, 4) is 0 Å². The second-order valence-corrected chi connectivity index (χ2v) is 4.01. The van der Waals surface area contributed by atoms with Crippen LogP contribution in [0, 0.1) is 0 Å². The van der Waals surface area contributed by atoms with E-state index in [1.165, 1.54) is 0 Å². The number of nitrogens with two attached hydrogens (primary N) is 1. The molecule has 1 saturated heterocycles. The molecule has 3 rings (SSSR count). The molecular formula is C11H9N3O3. The van der Waals surface area contributed by atoms with E-state index in [4.69, 9.17) is 5.73 Å². The van der Waals surface area contributed by atoms with Crippen LogP contribution in [-0.2, 0) is 4.79 Å². The number of nitrogens with zero attached hydrogens (tertiary/aromatic N) is 1. The van der Waals surface area contributed by atoms with E-state index in [0.29, 0.717) is 11.1 Å². The fourth-order valence-corrected chi connectivity index (χ4v) is 2.06. The number of imide groups is 1. The third kappa shape index (κ3) is 1.15. The normalized spacial score (nSPS) is 26.6. The Hall–Kier alpha value is -2.21. The van der Waals surface area contributed by atoms with Gasteiger partial charge in [-0.25, -0.2) is 0 Å².